The minimum atomic E-state index is -0.640. The van der Waals surface area contributed by atoms with E-state index in [0.717, 1.165) is 49.1 Å². The van der Waals surface area contributed by atoms with Gasteiger partial charge in [0.1, 0.15) is 11.6 Å². The van der Waals surface area contributed by atoms with E-state index in [2.05, 4.69) is 16.0 Å². The van der Waals surface area contributed by atoms with E-state index in [0.29, 0.717) is 5.56 Å². The van der Waals surface area contributed by atoms with Crippen molar-refractivity contribution in [1.29, 1.82) is 0 Å². The SMILES string of the molecule is Fc1cc(Cl)cc(F)c1-c1ccc2cc3n(c2c1)CCNCC3. The van der Waals surface area contributed by atoms with Crippen molar-refractivity contribution in [3.05, 3.63) is 58.7 Å². The first-order chi connectivity index (χ1) is 11.1. The van der Waals surface area contributed by atoms with Crippen molar-refractivity contribution in [3.8, 4) is 11.1 Å². The van der Waals surface area contributed by atoms with Crippen molar-refractivity contribution in [2.24, 2.45) is 0 Å². The number of hydrogen-bond acceptors (Lipinski definition) is 1. The van der Waals surface area contributed by atoms with Crippen LogP contribution in [-0.4, -0.2) is 17.7 Å². The third kappa shape index (κ3) is 2.52. The van der Waals surface area contributed by atoms with Gasteiger partial charge in [-0.3, -0.25) is 0 Å². The Morgan fingerprint density at radius 1 is 1.00 bits per heavy atom. The Kier molecular flexibility index (Phi) is 3.58. The van der Waals surface area contributed by atoms with Gasteiger partial charge in [-0.2, -0.15) is 0 Å². The number of rotatable bonds is 1. The standard InChI is InChI=1S/C18H15ClF2N2/c19-13-9-15(20)18(16(21)10-13)12-2-1-11-7-14-3-4-22-5-6-23(14)17(11)8-12/h1-2,7-10,22H,3-6H2. The minimum Gasteiger partial charge on any atom is -0.343 e. The molecule has 0 saturated carbocycles. The largest absolute Gasteiger partial charge is 0.343 e. The first-order valence-corrected chi connectivity index (χ1v) is 7.99. The third-order valence-corrected chi connectivity index (χ3v) is 4.57. The van der Waals surface area contributed by atoms with Crippen molar-refractivity contribution < 1.29 is 8.78 Å². The molecular weight excluding hydrogens is 318 g/mol. The van der Waals surface area contributed by atoms with E-state index in [1.54, 1.807) is 6.07 Å². The van der Waals surface area contributed by atoms with E-state index in [9.17, 15) is 8.78 Å². The van der Waals surface area contributed by atoms with Gasteiger partial charge in [0, 0.05) is 42.3 Å². The Morgan fingerprint density at radius 3 is 2.57 bits per heavy atom. The summed E-state index contributed by atoms with van der Waals surface area (Å²) >= 11 is 5.71. The van der Waals surface area contributed by atoms with Crippen LogP contribution in [0.3, 0.4) is 0 Å². The molecule has 118 valence electrons. The van der Waals surface area contributed by atoms with Crippen molar-refractivity contribution in [1.82, 2.24) is 9.88 Å². The van der Waals surface area contributed by atoms with Crippen molar-refractivity contribution >= 4 is 22.5 Å². The Labute approximate surface area is 137 Å². The number of aromatic nitrogens is 1. The van der Waals surface area contributed by atoms with Crippen LogP contribution in [0, 0.1) is 11.6 Å². The molecule has 1 aliphatic heterocycles. The van der Waals surface area contributed by atoms with E-state index in [-0.39, 0.29) is 10.6 Å². The summed E-state index contributed by atoms with van der Waals surface area (Å²) in [5.74, 6) is -1.28. The zero-order valence-corrected chi connectivity index (χ0v) is 13.1. The van der Waals surface area contributed by atoms with Crippen LogP contribution in [0.15, 0.2) is 36.4 Å². The zero-order valence-electron chi connectivity index (χ0n) is 12.4. The molecule has 1 aliphatic rings. The highest BCUT2D eigenvalue weighted by Gasteiger charge is 2.16. The molecule has 0 bridgehead atoms. The molecule has 1 N–H and O–H groups in total. The van der Waals surface area contributed by atoms with Crippen LogP contribution in [0.2, 0.25) is 5.02 Å². The van der Waals surface area contributed by atoms with Gasteiger partial charge in [0.2, 0.25) is 0 Å². The second kappa shape index (κ2) is 5.62. The van der Waals surface area contributed by atoms with Crippen molar-refractivity contribution in [2.45, 2.75) is 13.0 Å². The highest BCUT2D eigenvalue weighted by molar-refractivity contribution is 6.30. The van der Waals surface area contributed by atoms with Crippen LogP contribution in [0.1, 0.15) is 5.69 Å². The van der Waals surface area contributed by atoms with E-state index in [1.165, 1.54) is 5.69 Å². The Morgan fingerprint density at radius 2 is 1.78 bits per heavy atom. The molecule has 0 aliphatic carbocycles. The van der Waals surface area contributed by atoms with Gasteiger partial charge in [0.25, 0.3) is 0 Å². The summed E-state index contributed by atoms with van der Waals surface area (Å²) < 4.78 is 30.6. The maximum atomic E-state index is 14.2. The van der Waals surface area contributed by atoms with Crippen molar-refractivity contribution in [3.63, 3.8) is 0 Å². The lowest BCUT2D eigenvalue weighted by Gasteiger charge is -2.09. The number of nitrogens with zero attached hydrogens (tertiary/aromatic N) is 1. The predicted molar refractivity (Wildman–Crippen MR) is 88.9 cm³/mol. The molecule has 0 radical (unpaired) electrons. The normalized spacial score (nSPS) is 14.7. The summed E-state index contributed by atoms with van der Waals surface area (Å²) in [7, 11) is 0. The van der Waals surface area contributed by atoms with Crippen LogP contribution in [0.5, 0.6) is 0 Å². The fourth-order valence-electron chi connectivity index (χ4n) is 3.29. The topological polar surface area (TPSA) is 17.0 Å². The maximum absolute atomic E-state index is 14.2. The zero-order chi connectivity index (χ0) is 16.0. The molecule has 0 atom stereocenters. The Bertz CT molecular complexity index is 878. The number of hydrogen-bond donors (Lipinski definition) is 1. The molecule has 23 heavy (non-hydrogen) atoms. The average Bonchev–Trinajstić information content (AvgIpc) is 2.68. The van der Waals surface area contributed by atoms with Gasteiger partial charge in [0.15, 0.2) is 0 Å². The molecule has 3 aromatic rings. The minimum absolute atomic E-state index is 0.0291. The van der Waals surface area contributed by atoms with Crippen LogP contribution < -0.4 is 5.32 Å². The average molecular weight is 333 g/mol. The number of benzene rings is 2. The lowest BCUT2D eigenvalue weighted by molar-refractivity contribution is 0.590. The summed E-state index contributed by atoms with van der Waals surface area (Å²) in [6, 6.07) is 9.99. The Hall–Kier alpha value is -1.91. The molecule has 5 heteroatoms. The predicted octanol–water partition coefficient (Wildman–Crippen LogP) is 4.39. The van der Waals surface area contributed by atoms with Crippen LogP contribution in [0.25, 0.3) is 22.0 Å². The second-order valence-electron chi connectivity index (χ2n) is 5.81. The summed E-state index contributed by atoms with van der Waals surface area (Å²) in [6.07, 6.45) is 0.952. The fraction of sp³-hybridized carbons (Fsp3) is 0.222. The molecule has 2 nitrogen and oxygen atoms in total. The lowest BCUT2D eigenvalue weighted by Crippen LogP contribution is -2.17. The molecular formula is C18H15ClF2N2. The fourth-order valence-corrected chi connectivity index (χ4v) is 3.48. The van der Waals surface area contributed by atoms with Crippen LogP contribution in [-0.2, 0) is 13.0 Å². The summed E-state index contributed by atoms with van der Waals surface area (Å²) in [4.78, 5) is 0. The van der Waals surface area contributed by atoms with E-state index in [4.69, 9.17) is 11.6 Å². The number of halogens is 3. The lowest BCUT2D eigenvalue weighted by atomic mass is 10.0. The van der Waals surface area contributed by atoms with Gasteiger partial charge in [-0.25, -0.2) is 8.78 Å². The van der Waals surface area contributed by atoms with Gasteiger partial charge < -0.3 is 9.88 Å². The monoisotopic (exact) mass is 332 g/mol. The highest BCUT2D eigenvalue weighted by Crippen LogP contribution is 2.32. The van der Waals surface area contributed by atoms with Crippen LogP contribution in [0.4, 0.5) is 8.78 Å². The quantitative estimate of drug-likeness (QED) is 0.699. The van der Waals surface area contributed by atoms with Gasteiger partial charge in [-0.05, 0) is 35.2 Å². The molecule has 0 spiro atoms. The molecule has 2 aromatic carbocycles. The molecule has 0 fully saturated rings. The van der Waals surface area contributed by atoms with Gasteiger partial charge in [-0.15, -0.1) is 0 Å². The van der Waals surface area contributed by atoms with E-state index in [1.807, 2.05) is 12.1 Å². The smallest absolute Gasteiger partial charge is 0.135 e. The molecule has 0 unspecified atom stereocenters. The molecule has 0 amide bonds. The van der Waals surface area contributed by atoms with E-state index < -0.39 is 11.6 Å². The first-order valence-electron chi connectivity index (χ1n) is 7.61. The Balaban J connectivity index is 1.91. The summed E-state index contributed by atoms with van der Waals surface area (Å²) in [5, 5.41) is 4.52. The summed E-state index contributed by atoms with van der Waals surface area (Å²) in [5.41, 5.74) is 2.76. The number of nitrogens with one attached hydrogen (secondary N) is 1. The molecule has 4 rings (SSSR count). The molecule has 0 saturated heterocycles. The second-order valence-corrected chi connectivity index (χ2v) is 6.24. The number of fused-ring (bicyclic) bond motifs is 3. The third-order valence-electron chi connectivity index (χ3n) is 4.36. The first kappa shape index (κ1) is 14.7. The van der Waals surface area contributed by atoms with Gasteiger partial charge in [-0.1, -0.05) is 23.7 Å². The highest BCUT2D eigenvalue weighted by atomic mass is 35.5. The molecule has 1 aromatic heterocycles. The maximum Gasteiger partial charge on any atom is 0.135 e. The van der Waals surface area contributed by atoms with Gasteiger partial charge >= 0.3 is 0 Å². The van der Waals surface area contributed by atoms with Gasteiger partial charge in [0.05, 0.1) is 5.56 Å². The summed E-state index contributed by atoms with van der Waals surface area (Å²) in [6.45, 7) is 2.70. The van der Waals surface area contributed by atoms with Crippen LogP contribution >= 0.6 is 11.6 Å². The van der Waals surface area contributed by atoms with Crippen molar-refractivity contribution in [2.75, 3.05) is 13.1 Å². The molecule has 2 heterocycles. The van der Waals surface area contributed by atoms with E-state index >= 15 is 0 Å².